The summed E-state index contributed by atoms with van der Waals surface area (Å²) in [5.74, 6) is -3.48. The maximum atomic E-state index is 15.4. The number of aliphatic carboxylic acids is 1. The van der Waals surface area contributed by atoms with Crippen molar-refractivity contribution in [3.05, 3.63) is 141 Å². The Labute approximate surface area is 796 Å². The van der Waals surface area contributed by atoms with Gasteiger partial charge < -0.3 is 99.3 Å². The normalized spacial score (nSPS) is 23.1. The van der Waals surface area contributed by atoms with Gasteiger partial charge in [-0.05, 0) is 168 Å². The van der Waals surface area contributed by atoms with E-state index in [1.807, 2.05) is 64.7 Å². The Hall–Kier alpha value is -9.16. The monoisotopic (exact) mass is 1930 g/mol. The Balaban J connectivity index is 0.000000236. The smallest absolute Gasteiger partial charge is 0.326 e. The van der Waals surface area contributed by atoms with Crippen LogP contribution in [0.1, 0.15) is 148 Å². The largest absolute Gasteiger partial charge is 0.497 e. The minimum Gasteiger partial charge on any atom is -0.497 e. The van der Waals surface area contributed by atoms with Crippen LogP contribution >= 0.6 is 25.3 Å². The Morgan fingerprint density at radius 3 is 2.10 bits per heavy atom. The number of nitrogen functional groups attached to an aromatic ring is 1. The zero-order valence-electron chi connectivity index (χ0n) is 79.6. The average Bonchev–Trinajstić information content (AvgIpc) is 1.47. The van der Waals surface area contributed by atoms with E-state index < -0.39 is 92.0 Å². The molecule has 2 bridgehead atoms. The molecule has 1 spiro atoms. The number of methoxy groups -OCH3 is 2. The number of ether oxygens (including phenoxy) is 8. The number of aliphatic hydroxyl groups is 3. The van der Waals surface area contributed by atoms with Crippen LogP contribution in [0.15, 0.2) is 95.4 Å². The minimum absolute atomic E-state index is 0. The van der Waals surface area contributed by atoms with E-state index in [0.717, 1.165) is 92.7 Å². The third kappa shape index (κ3) is 25.4. The van der Waals surface area contributed by atoms with Crippen LogP contribution in [-0.4, -0.2) is 307 Å². The van der Waals surface area contributed by atoms with Crippen LogP contribution in [0.2, 0.25) is 32.2 Å². The maximum absolute atomic E-state index is 15.4. The molecular formula is C93H138N18O19S2Si2. The number of aromatic nitrogens is 10. The summed E-state index contributed by atoms with van der Waals surface area (Å²) in [5, 5.41) is 70.4. The lowest BCUT2D eigenvalue weighted by molar-refractivity contribution is -0.216. The van der Waals surface area contributed by atoms with Crippen LogP contribution in [0.3, 0.4) is 0 Å². The molecule has 41 heteroatoms. The second kappa shape index (κ2) is 47.7. The number of carbonyl (C=O) groups excluding carboxylic acids is 4. The molecule has 14 rings (SSSR count). The number of nitrogens with zero attached hydrogens (tertiary/aromatic N) is 11. The van der Waals surface area contributed by atoms with Gasteiger partial charge in [0.1, 0.15) is 29.5 Å². The van der Waals surface area contributed by atoms with Gasteiger partial charge in [-0.1, -0.05) is 69.3 Å². The van der Waals surface area contributed by atoms with E-state index in [-0.39, 0.29) is 61.0 Å². The van der Waals surface area contributed by atoms with Gasteiger partial charge in [0.15, 0.2) is 38.6 Å². The number of anilines is 3. The lowest BCUT2D eigenvalue weighted by Gasteiger charge is -2.64. The topological polar surface area (TPSA) is 477 Å². The fraction of sp³-hybridized carbons (Fsp3) is 0.602. The van der Waals surface area contributed by atoms with Crippen LogP contribution in [-0.2, 0) is 94.9 Å². The van der Waals surface area contributed by atoms with E-state index in [9.17, 15) is 34.5 Å². The molecule has 0 radical (unpaired) electrons. The number of thioether (sulfide) groups is 1. The highest BCUT2D eigenvalue weighted by atomic mass is 32.2. The van der Waals surface area contributed by atoms with Crippen LogP contribution in [0, 0.1) is 11.3 Å². The van der Waals surface area contributed by atoms with Gasteiger partial charge in [0.2, 0.25) is 11.9 Å². The first kappa shape index (κ1) is 105. The minimum atomic E-state index is -2.24. The van der Waals surface area contributed by atoms with E-state index in [0.29, 0.717) is 186 Å². The molecule has 5 aromatic heterocycles. The highest BCUT2D eigenvalue weighted by Crippen LogP contribution is 2.69. The van der Waals surface area contributed by atoms with Crippen molar-refractivity contribution >= 4 is 111 Å². The van der Waals surface area contributed by atoms with E-state index in [2.05, 4.69) is 139 Å². The van der Waals surface area contributed by atoms with Gasteiger partial charge >= 0.3 is 11.9 Å². The van der Waals surface area contributed by atoms with Crippen molar-refractivity contribution in [1.29, 1.82) is 0 Å². The van der Waals surface area contributed by atoms with Crippen molar-refractivity contribution in [2.24, 2.45) is 18.4 Å². The number of carboxylic acids is 1. The lowest BCUT2D eigenvalue weighted by Crippen LogP contribution is -2.82. The first-order valence-corrected chi connectivity index (χ1v) is 53.5. The second-order valence-corrected chi connectivity index (χ2v) is 47.0. The van der Waals surface area contributed by atoms with Crippen molar-refractivity contribution in [1.82, 2.24) is 75.6 Å². The molecule has 3 saturated heterocycles. The van der Waals surface area contributed by atoms with Crippen LogP contribution in [0.25, 0.3) is 22.1 Å². The summed E-state index contributed by atoms with van der Waals surface area (Å²) in [4.78, 5) is 111. The number of aromatic amines is 2. The van der Waals surface area contributed by atoms with Gasteiger partial charge in [-0.25, -0.2) is 24.7 Å². The van der Waals surface area contributed by atoms with E-state index in [1.165, 1.54) is 20.2 Å². The molecular weight excluding hydrogens is 1790 g/mol. The lowest BCUT2D eigenvalue weighted by atomic mass is 9.47. The van der Waals surface area contributed by atoms with Gasteiger partial charge in [0.25, 0.3) is 17.4 Å². The van der Waals surface area contributed by atoms with Crippen molar-refractivity contribution in [3.8, 4) is 5.75 Å². The van der Waals surface area contributed by atoms with Crippen LogP contribution in [0.4, 0.5) is 17.3 Å². The molecule has 12 N–H and O–H groups in total. The number of amides is 3. The van der Waals surface area contributed by atoms with Gasteiger partial charge in [0.05, 0.1) is 130 Å². The zero-order valence-corrected chi connectivity index (χ0v) is 83.4. The number of carboxylic acid groups (broad SMARTS) is 1. The number of hydrogen-bond acceptors (Lipinski definition) is 31. The summed E-state index contributed by atoms with van der Waals surface area (Å²) >= 11 is 1.65. The highest BCUT2D eigenvalue weighted by molar-refractivity contribution is 8.00. The van der Waals surface area contributed by atoms with Crippen molar-refractivity contribution in [2.75, 3.05) is 161 Å². The summed E-state index contributed by atoms with van der Waals surface area (Å²) in [6.07, 6.45) is 12.1. The number of hydrogen-bond donors (Lipinski definition) is 11. The molecule has 3 aromatic carbocycles. The van der Waals surface area contributed by atoms with Crippen LogP contribution in [0.5, 0.6) is 5.75 Å². The number of piperidine rings is 2. The SMILES string of the molecule is CC(=O)NCCOCCOCCOCCOCCOCCOCc1cn(C)nn1.CCC[C@H](NC(=O)c1ccc(NCc2cnc3nc(N)[nH]c(=O)c3n2)cc1)C(=O)O.CCc1cnc(SC[Si](C)(C)O[Si](C)(C)CCCNC(=O)[C@@]2(O)[C@H](O)[C@]3(C)CCCN4CC[C@@]5(c6c(C7[C@H]8CN(CCc9c([nH]c%10ccccc9%10)[C@@H]7C(=O)OC)C[C@](O)(CC)C8)cc(OC)cc6N(C)[C@@H]25)[C@@H]43)nc1.S. The molecule has 5 aliphatic heterocycles. The van der Waals surface area contributed by atoms with Crippen molar-refractivity contribution in [3.63, 3.8) is 0 Å². The summed E-state index contributed by atoms with van der Waals surface area (Å²) in [5.41, 5.74) is 9.35. The number of aryl methyl sites for hydroxylation is 2. The molecule has 2 unspecified atom stereocenters. The van der Waals surface area contributed by atoms with E-state index in [4.69, 9.17) is 52.9 Å². The first-order valence-electron chi connectivity index (χ1n) is 46.3. The number of nitrogens with one attached hydrogen (secondary N) is 6. The predicted molar refractivity (Wildman–Crippen MR) is 519 cm³/mol. The third-order valence-corrected chi connectivity index (χ3v) is 36.1. The Morgan fingerprint density at radius 1 is 0.784 bits per heavy atom. The molecule has 3 amide bonds. The molecule has 1 aliphatic carbocycles. The van der Waals surface area contributed by atoms with Crippen molar-refractivity contribution < 1.29 is 86.4 Å². The number of carbonyl (C=O) groups is 5. The number of likely N-dealkylation sites (N-methyl/N-ethyl adjacent to an activating group) is 1. The Kier molecular flexibility index (Phi) is 37.5. The molecule has 6 aliphatic rings. The zero-order chi connectivity index (χ0) is 95.4. The number of aliphatic hydroxyl groups excluding tert-OH is 1. The molecule has 734 valence electrons. The summed E-state index contributed by atoms with van der Waals surface area (Å²) in [6.45, 7) is 29.1. The molecule has 37 nitrogen and oxygen atoms in total. The summed E-state index contributed by atoms with van der Waals surface area (Å²) in [6, 6.07) is 17.7. The number of rotatable bonds is 43. The number of H-pyrrole nitrogens is 2. The molecule has 10 heterocycles. The molecule has 8 aromatic rings. The number of esters is 1. The molecule has 134 heavy (non-hydrogen) atoms. The van der Waals surface area contributed by atoms with Crippen LogP contribution < -0.4 is 42.2 Å². The predicted octanol–water partition coefficient (Wildman–Crippen LogP) is 7.44. The highest BCUT2D eigenvalue weighted by Gasteiger charge is 2.79. The van der Waals surface area contributed by atoms with Gasteiger partial charge in [-0.3, -0.25) is 43.4 Å². The second-order valence-electron chi connectivity index (χ2n) is 36.9. The van der Waals surface area contributed by atoms with E-state index in [1.54, 1.807) is 47.8 Å². The Bertz CT molecular complexity index is 5300. The van der Waals surface area contributed by atoms with E-state index >= 15 is 9.59 Å². The summed E-state index contributed by atoms with van der Waals surface area (Å²) < 4.78 is 53.1. The quantitative estimate of drug-likeness (QED) is 0.00581. The average molecular weight is 1930 g/mol. The fourth-order valence-corrected chi connectivity index (χ4v) is 30.9. The number of para-hydroxylation sites is 1. The molecule has 12 atom stereocenters. The van der Waals surface area contributed by atoms with Gasteiger partial charge in [-0.2, -0.15) is 18.5 Å². The Morgan fingerprint density at radius 2 is 1.46 bits per heavy atom. The van der Waals surface area contributed by atoms with Gasteiger partial charge in [-0.15, -0.1) is 5.10 Å². The summed E-state index contributed by atoms with van der Waals surface area (Å²) in [7, 11) is 2.56. The number of benzene rings is 3. The number of fused-ring (bicyclic) bond motifs is 7. The molecule has 4 fully saturated rings. The fourth-order valence-electron chi connectivity index (χ4n) is 20.5. The molecule has 1 saturated carbocycles. The third-order valence-electron chi connectivity index (χ3n) is 26.3. The maximum Gasteiger partial charge on any atom is 0.326 e. The van der Waals surface area contributed by atoms with Crippen molar-refractivity contribution in [2.45, 2.75) is 202 Å². The first-order chi connectivity index (χ1) is 63.7. The number of nitrogens with two attached hydrogens (primary N) is 1. The standard InChI is InChI=1S/C56H81N7O8SSi2.C19H21N7O4.C18H34N4O7.H2S/c1-11-35-30-58-52(59-31-35)72-34-74(9,10)71-73(7,8)26-16-22-57-51(66)56(68)49-55(21-25-63-23-15-20-53(3,48(55)63)50(56)65)45-40(27-37(69-5)28-42(45)61(49)4)43-36-29-54(67,12-2)33-62(32-36)24-19-39-38-17-13-14-18-41(38)60-46(39)44(43)47(64)70-6;1-2-3-13(18(29)30)24-16(27)10-4-6-11(7-5-10)21-8-12-9-22-15-14(23-12)17(28)26-19(20)25-15;1-17(23)19-3-4-24-5-6-25-7-8-26-9-10-27-11-12-28-13-14-29-16-18-15-22(2)21-20-18;/h13-14,17-18,27-28,30-31,36,43-44,48-50,60,65,67-68H,11-12,15-16,19-26,29,32-34H2,1-10H3,(H,57,66);4-7,9,13,21H,2-3,8H2,1H3,(H,24,27)(H,29,30)(H3,20,22,25,26,28);15H,3-14,16H2,1-2H3,(H,19,23);1H2/t36-,43?,44-,48+,49-,50-,53-,54+,55-,56+;13-;;/m10../s1. The van der Waals surface area contributed by atoms with Gasteiger partial charge in [0, 0.05) is 134 Å².